The summed E-state index contributed by atoms with van der Waals surface area (Å²) in [6.45, 7) is 4.11. The molecule has 2 aliphatic rings. The molecule has 2 heterocycles. The van der Waals surface area contributed by atoms with Gasteiger partial charge in [-0.1, -0.05) is 37.1 Å². The Morgan fingerprint density at radius 2 is 1.72 bits per heavy atom. The van der Waals surface area contributed by atoms with Crippen molar-refractivity contribution >= 4 is 5.91 Å². The number of nitrogens with zero attached hydrogens (tertiary/aromatic N) is 2. The minimum Gasteiger partial charge on any atom is -0.497 e. The highest BCUT2D eigenvalue weighted by Crippen LogP contribution is 2.32. The summed E-state index contributed by atoms with van der Waals surface area (Å²) in [5.74, 6) is 1.02. The van der Waals surface area contributed by atoms with E-state index in [0.717, 1.165) is 43.7 Å². The van der Waals surface area contributed by atoms with Gasteiger partial charge in [0.05, 0.1) is 13.2 Å². The summed E-state index contributed by atoms with van der Waals surface area (Å²) in [4.78, 5) is 18.1. The first-order chi connectivity index (χ1) is 14.2. The van der Waals surface area contributed by atoms with E-state index < -0.39 is 0 Å². The first kappa shape index (κ1) is 20.0. The van der Waals surface area contributed by atoms with Crippen molar-refractivity contribution in [3.8, 4) is 5.75 Å². The van der Waals surface area contributed by atoms with Gasteiger partial charge >= 0.3 is 0 Å². The molecular formula is C25H32N2O2. The number of hydrogen-bond acceptors (Lipinski definition) is 3. The highest BCUT2D eigenvalue weighted by atomic mass is 16.5. The number of carbonyl (C=O) groups is 1. The zero-order chi connectivity index (χ0) is 20.1. The fraction of sp³-hybridized carbons (Fsp3) is 0.480. The number of carbonyl (C=O) groups excluding carboxylic acids is 1. The third-order valence-electron chi connectivity index (χ3n) is 6.29. The number of amides is 1. The molecule has 4 rings (SSSR count). The summed E-state index contributed by atoms with van der Waals surface area (Å²) in [5, 5.41) is 0. The second kappa shape index (κ2) is 9.45. The Kier molecular flexibility index (Phi) is 6.50. The van der Waals surface area contributed by atoms with E-state index in [1.807, 2.05) is 24.3 Å². The molecule has 2 fully saturated rings. The Balaban J connectivity index is 1.55. The Labute approximate surface area is 174 Å². The minimum atomic E-state index is 0.137. The van der Waals surface area contributed by atoms with Crippen LogP contribution in [0.1, 0.15) is 66.1 Å². The number of rotatable bonds is 5. The fourth-order valence-corrected chi connectivity index (χ4v) is 4.69. The minimum absolute atomic E-state index is 0.137. The van der Waals surface area contributed by atoms with Crippen molar-refractivity contribution in [2.75, 3.05) is 26.7 Å². The summed E-state index contributed by atoms with van der Waals surface area (Å²) in [6.07, 6.45) is 7.02. The summed E-state index contributed by atoms with van der Waals surface area (Å²) in [6, 6.07) is 16.6. The fourth-order valence-electron chi connectivity index (χ4n) is 4.69. The maximum atomic E-state index is 13.5. The summed E-state index contributed by atoms with van der Waals surface area (Å²) in [7, 11) is 1.69. The van der Waals surface area contributed by atoms with Gasteiger partial charge in [-0.05, 0) is 74.2 Å². The molecule has 0 aliphatic carbocycles. The molecule has 2 aromatic carbocycles. The SMILES string of the molecule is COc1ccc(C2CCCCCN2C(=O)c2cccc(CN3CCCC3)c2)cc1. The largest absolute Gasteiger partial charge is 0.497 e. The zero-order valence-electron chi connectivity index (χ0n) is 17.5. The molecule has 1 atom stereocenters. The monoisotopic (exact) mass is 392 g/mol. The van der Waals surface area contributed by atoms with Gasteiger partial charge in [-0.15, -0.1) is 0 Å². The van der Waals surface area contributed by atoms with Crippen molar-refractivity contribution in [2.24, 2.45) is 0 Å². The number of benzene rings is 2. The van der Waals surface area contributed by atoms with Gasteiger partial charge in [-0.25, -0.2) is 0 Å². The maximum absolute atomic E-state index is 13.5. The molecular weight excluding hydrogens is 360 g/mol. The lowest BCUT2D eigenvalue weighted by molar-refractivity contribution is 0.0680. The van der Waals surface area contributed by atoms with Crippen molar-refractivity contribution in [1.82, 2.24) is 9.80 Å². The van der Waals surface area contributed by atoms with E-state index in [4.69, 9.17) is 4.74 Å². The molecule has 1 amide bonds. The molecule has 2 aromatic rings. The second-order valence-electron chi connectivity index (χ2n) is 8.32. The maximum Gasteiger partial charge on any atom is 0.254 e. The summed E-state index contributed by atoms with van der Waals surface area (Å²) < 4.78 is 5.31. The molecule has 0 bridgehead atoms. The summed E-state index contributed by atoms with van der Waals surface area (Å²) >= 11 is 0. The molecule has 1 unspecified atom stereocenters. The lowest BCUT2D eigenvalue weighted by Gasteiger charge is -2.31. The normalized spacial score (nSPS) is 20.4. The first-order valence-corrected chi connectivity index (χ1v) is 11.0. The van der Waals surface area contributed by atoms with Gasteiger partial charge in [0, 0.05) is 18.7 Å². The lowest BCUT2D eigenvalue weighted by Crippen LogP contribution is -2.35. The van der Waals surface area contributed by atoms with Crippen LogP contribution in [0, 0.1) is 0 Å². The van der Waals surface area contributed by atoms with Crippen LogP contribution in [0.15, 0.2) is 48.5 Å². The van der Waals surface area contributed by atoms with Crippen molar-refractivity contribution < 1.29 is 9.53 Å². The van der Waals surface area contributed by atoms with Gasteiger partial charge in [0.15, 0.2) is 0 Å². The third-order valence-corrected chi connectivity index (χ3v) is 6.29. The smallest absolute Gasteiger partial charge is 0.254 e. The second-order valence-corrected chi connectivity index (χ2v) is 8.32. The van der Waals surface area contributed by atoms with Crippen LogP contribution >= 0.6 is 0 Å². The molecule has 154 valence electrons. The predicted molar refractivity (Wildman–Crippen MR) is 116 cm³/mol. The van der Waals surface area contributed by atoms with Crippen molar-refractivity contribution in [2.45, 2.75) is 51.1 Å². The van der Waals surface area contributed by atoms with Gasteiger partial charge in [0.1, 0.15) is 5.75 Å². The molecule has 0 radical (unpaired) electrons. The highest BCUT2D eigenvalue weighted by molar-refractivity contribution is 5.94. The molecule has 4 nitrogen and oxygen atoms in total. The molecule has 0 N–H and O–H groups in total. The lowest BCUT2D eigenvalue weighted by atomic mass is 9.99. The van der Waals surface area contributed by atoms with Crippen LogP contribution in [0.4, 0.5) is 0 Å². The van der Waals surface area contributed by atoms with E-state index >= 15 is 0 Å². The number of methoxy groups -OCH3 is 1. The van der Waals surface area contributed by atoms with Crippen LogP contribution in [-0.4, -0.2) is 42.5 Å². The van der Waals surface area contributed by atoms with Crippen LogP contribution < -0.4 is 4.74 Å². The van der Waals surface area contributed by atoms with Gasteiger partial charge in [-0.3, -0.25) is 9.69 Å². The first-order valence-electron chi connectivity index (χ1n) is 11.0. The van der Waals surface area contributed by atoms with Crippen LogP contribution in [0.25, 0.3) is 0 Å². The van der Waals surface area contributed by atoms with Crippen molar-refractivity contribution in [3.63, 3.8) is 0 Å². The van der Waals surface area contributed by atoms with E-state index in [0.29, 0.717) is 0 Å². The van der Waals surface area contributed by atoms with Gasteiger partial charge in [0.2, 0.25) is 0 Å². The molecule has 0 aromatic heterocycles. The zero-order valence-corrected chi connectivity index (χ0v) is 17.5. The Morgan fingerprint density at radius 1 is 0.966 bits per heavy atom. The quantitative estimate of drug-likeness (QED) is 0.714. The van der Waals surface area contributed by atoms with Gasteiger partial charge in [0.25, 0.3) is 5.91 Å². The molecule has 0 saturated carbocycles. The Morgan fingerprint density at radius 3 is 2.48 bits per heavy atom. The third kappa shape index (κ3) is 4.81. The standard InChI is InChI=1S/C25H32N2O2/c1-29-23-13-11-21(12-14-23)24-10-3-2-4-17-27(24)25(28)22-9-7-8-20(18-22)19-26-15-5-6-16-26/h7-9,11-14,18,24H,2-6,10,15-17,19H2,1H3. The number of likely N-dealkylation sites (tertiary alicyclic amines) is 2. The highest BCUT2D eigenvalue weighted by Gasteiger charge is 2.28. The number of hydrogen-bond donors (Lipinski definition) is 0. The van der Waals surface area contributed by atoms with Crippen LogP contribution in [0.3, 0.4) is 0 Å². The Hall–Kier alpha value is -2.33. The van der Waals surface area contributed by atoms with E-state index in [1.54, 1.807) is 7.11 Å². The van der Waals surface area contributed by atoms with E-state index in [-0.39, 0.29) is 11.9 Å². The Bertz CT molecular complexity index is 812. The van der Waals surface area contributed by atoms with Crippen LogP contribution in [0.5, 0.6) is 5.75 Å². The van der Waals surface area contributed by atoms with Crippen LogP contribution in [0.2, 0.25) is 0 Å². The van der Waals surface area contributed by atoms with Gasteiger partial charge < -0.3 is 9.64 Å². The molecule has 2 aliphatic heterocycles. The van der Waals surface area contributed by atoms with Crippen LogP contribution in [-0.2, 0) is 6.54 Å². The van der Waals surface area contributed by atoms with E-state index in [9.17, 15) is 4.79 Å². The molecule has 2 saturated heterocycles. The van der Waals surface area contributed by atoms with E-state index in [1.165, 1.54) is 43.5 Å². The molecule has 29 heavy (non-hydrogen) atoms. The topological polar surface area (TPSA) is 32.8 Å². The average Bonchev–Trinajstić information content (AvgIpc) is 3.15. The molecule has 0 spiro atoms. The molecule has 4 heteroatoms. The average molecular weight is 393 g/mol. The summed E-state index contributed by atoms with van der Waals surface area (Å²) in [5.41, 5.74) is 3.27. The predicted octanol–water partition coefficient (Wildman–Crippen LogP) is 5.05. The number of ether oxygens (including phenoxy) is 1. The van der Waals surface area contributed by atoms with E-state index in [2.05, 4.69) is 34.1 Å². The van der Waals surface area contributed by atoms with Crippen molar-refractivity contribution in [1.29, 1.82) is 0 Å². The van der Waals surface area contributed by atoms with Gasteiger partial charge in [-0.2, -0.15) is 0 Å². The van der Waals surface area contributed by atoms with Crippen molar-refractivity contribution in [3.05, 3.63) is 65.2 Å².